The SMILES string of the molecule is Clc1cnccc1CN1CCO[C@H](c2cccc(Br)c2)C1. The second-order valence-electron chi connectivity index (χ2n) is 5.12. The maximum absolute atomic E-state index is 6.19. The number of halogens is 2. The lowest BCUT2D eigenvalue weighted by Crippen LogP contribution is -2.37. The molecule has 21 heavy (non-hydrogen) atoms. The highest BCUT2D eigenvalue weighted by Gasteiger charge is 2.22. The van der Waals surface area contributed by atoms with Crippen molar-refractivity contribution in [3.8, 4) is 0 Å². The minimum Gasteiger partial charge on any atom is -0.371 e. The van der Waals surface area contributed by atoms with Gasteiger partial charge in [-0.2, -0.15) is 0 Å². The molecule has 1 fully saturated rings. The first kappa shape index (κ1) is 15.0. The molecule has 2 heterocycles. The third kappa shape index (κ3) is 3.83. The Morgan fingerprint density at radius 1 is 1.38 bits per heavy atom. The van der Waals surface area contributed by atoms with Crippen molar-refractivity contribution >= 4 is 27.5 Å². The van der Waals surface area contributed by atoms with Crippen LogP contribution in [0.5, 0.6) is 0 Å². The zero-order valence-corrected chi connectivity index (χ0v) is 13.8. The maximum atomic E-state index is 6.19. The van der Waals surface area contributed by atoms with Crippen molar-refractivity contribution in [3.63, 3.8) is 0 Å². The highest BCUT2D eigenvalue weighted by Crippen LogP contribution is 2.26. The lowest BCUT2D eigenvalue weighted by molar-refractivity contribution is -0.0329. The van der Waals surface area contributed by atoms with Crippen LogP contribution >= 0.6 is 27.5 Å². The minimum atomic E-state index is 0.108. The number of hydrogen-bond acceptors (Lipinski definition) is 3. The number of hydrogen-bond donors (Lipinski definition) is 0. The molecule has 3 nitrogen and oxygen atoms in total. The van der Waals surface area contributed by atoms with Gasteiger partial charge in [0.1, 0.15) is 0 Å². The molecule has 3 rings (SSSR count). The molecule has 0 N–H and O–H groups in total. The lowest BCUT2D eigenvalue weighted by Gasteiger charge is -2.33. The number of nitrogens with zero attached hydrogens (tertiary/aromatic N) is 2. The molecule has 0 aliphatic carbocycles. The molecule has 0 spiro atoms. The largest absolute Gasteiger partial charge is 0.371 e. The van der Waals surface area contributed by atoms with Gasteiger partial charge in [-0.3, -0.25) is 9.88 Å². The van der Waals surface area contributed by atoms with E-state index in [0.717, 1.165) is 41.3 Å². The van der Waals surface area contributed by atoms with Crippen LogP contribution in [0.1, 0.15) is 17.2 Å². The van der Waals surface area contributed by atoms with Crippen molar-refractivity contribution in [2.75, 3.05) is 19.7 Å². The number of ether oxygens (including phenoxy) is 1. The average Bonchev–Trinajstić information content (AvgIpc) is 2.50. The standard InChI is InChI=1S/C16H16BrClN2O/c17-14-3-1-2-12(8-14)16-11-20(6-7-21-16)10-13-4-5-19-9-15(13)18/h1-5,8-9,16H,6-7,10-11H2/t16-/m0/s1. The van der Waals surface area contributed by atoms with Crippen molar-refractivity contribution < 1.29 is 4.74 Å². The Bertz CT molecular complexity index is 623. The van der Waals surface area contributed by atoms with E-state index >= 15 is 0 Å². The van der Waals surface area contributed by atoms with E-state index in [1.807, 2.05) is 18.2 Å². The molecule has 0 bridgehead atoms. The predicted octanol–water partition coefficient (Wildman–Crippen LogP) is 4.07. The molecule has 0 saturated carbocycles. The molecular weight excluding hydrogens is 352 g/mol. The molecule has 1 aliphatic rings. The van der Waals surface area contributed by atoms with Gasteiger partial charge in [0.15, 0.2) is 0 Å². The van der Waals surface area contributed by atoms with E-state index < -0.39 is 0 Å². The van der Waals surface area contributed by atoms with E-state index in [0.29, 0.717) is 0 Å². The normalized spacial score (nSPS) is 19.6. The van der Waals surface area contributed by atoms with E-state index in [4.69, 9.17) is 16.3 Å². The van der Waals surface area contributed by atoms with Crippen molar-refractivity contribution in [2.45, 2.75) is 12.6 Å². The van der Waals surface area contributed by atoms with Crippen LogP contribution in [0.15, 0.2) is 47.2 Å². The number of benzene rings is 1. The fourth-order valence-corrected chi connectivity index (χ4v) is 3.12. The summed E-state index contributed by atoms with van der Waals surface area (Å²) in [5.74, 6) is 0. The van der Waals surface area contributed by atoms with Gasteiger partial charge in [-0.1, -0.05) is 39.7 Å². The molecule has 0 radical (unpaired) electrons. The Morgan fingerprint density at radius 3 is 3.10 bits per heavy atom. The Hall–Kier alpha value is -0.940. The fourth-order valence-electron chi connectivity index (χ4n) is 2.53. The fraction of sp³-hybridized carbons (Fsp3) is 0.312. The zero-order chi connectivity index (χ0) is 14.7. The topological polar surface area (TPSA) is 25.4 Å². The molecule has 0 amide bonds. The summed E-state index contributed by atoms with van der Waals surface area (Å²) in [4.78, 5) is 6.40. The summed E-state index contributed by atoms with van der Waals surface area (Å²) in [5, 5.41) is 0.725. The van der Waals surface area contributed by atoms with Gasteiger partial charge in [0.2, 0.25) is 0 Å². The van der Waals surface area contributed by atoms with Crippen molar-refractivity contribution in [1.29, 1.82) is 0 Å². The highest BCUT2D eigenvalue weighted by atomic mass is 79.9. The van der Waals surface area contributed by atoms with Gasteiger partial charge in [0, 0.05) is 36.5 Å². The smallest absolute Gasteiger partial charge is 0.0952 e. The lowest BCUT2D eigenvalue weighted by atomic mass is 10.1. The van der Waals surface area contributed by atoms with Crippen LogP contribution in [0.2, 0.25) is 5.02 Å². The molecule has 0 unspecified atom stereocenters. The number of morpholine rings is 1. The summed E-state index contributed by atoms with van der Waals surface area (Å²) in [6.07, 6.45) is 3.59. The van der Waals surface area contributed by atoms with E-state index in [9.17, 15) is 0 Å². The first-order chi connectivity index (χ1) is 10.2. The molecule has 1 aromatic heterocycles. The first-order valence-electron chi connectivity index (χ1n) is 6.90. The van der Waals surface area contributed by atoms with Crippen molar-refractivity contribution in [3.05, 3.63) is 63.3 Å². The molecule has 5 heteroatoms. The van der Waals surface area contributed by atoms with E-state index in [-0.39, 0.29) is 6.10 Å². The van der Waals surface area contributed by atoms with Crippen LogP contribution in [0.4, 0.5) is 0 Å². The third-order valence-electron chi connectivity index (χ3n) is 3.62. The van der Waals surface area contributed by atoms with Gasteiger partial charge >= 0.3 is 0 Å². The minimum absolute atomic E-state index is 0.108. The molecule has 1 aromatic carbocycles. The van der Waals surface area contributed by atoms with Gasteiger partial charge in [-0.05, 0) is 29.3 Å². The first-order valence-corrected chi connectivity index (χ1v) is 8.07. The summed E-state index contributed by atoms with van der Waals surface area (Å²) in [5.41, 5.74) is 2.32. The van der Waals surface area contributed by atoms with E-state index in [2.05, 4.69) is 37.9 Å². The monoisotopic (exact) mass is 366 g/mol. The van der Waals surface area contributed by atoms with Crippen LogP contribution in [-0.2, 0) is 11.3 Å². The third-order valence-corrected chi connectivity index (χ3v) is 4.45. The van der Waals surface area contributed by atoms with Crippen LogP contribution in [0, 0.1) is 0 Å². The Kier molecular flexibility index (Phi) is 4.91. The Labute approximate surface area is 138 Å². The van der Waals surface area contributed by atoms with Crippen LogP contribution in [-0.4, -0.2) is 29.6 Å². The average molecular weight is 368 g/mol. The van der Waals surface area contributed by atoms with Gasteiger partial charge in [-0.15, -0.1) is 0 Å². The zero-order valence-electron chi connectivity index (χ0n) is 11.5. The van der Waals surface area contributed by atoms with E-state index in [1.165, 1.54) is 5.56 Å². The van der Waals surface area contributed by atoms with Crippen molar-refractivity contribution in [1.82, 2.24) is 9.88 Å². The number of rotatable bonds is 3. The predicted molar refractivity (Wildman–Crippen MR) is 87.4 cm³/mol. The summed E-state index contributed by atoms with van der Waals surface area (Å²) in [7, 11) is 0. The quantitative estimate of drug-likeness (QED) is 0.817. The van der Waals surface area contributed by atoms with Gasteiger partial charge < -0.3 is 4.74 Å². The molecule has 1 aliphatic heterocycles. The molecular formula is C16H16BrClN2O. The van der Waals surface area contributed by atoms with Crippen LogP contribution in [0.3, 0.4) is 0 Å². The summed E-state index contributed by atoms with van der Waals surface area (Å²) in [6, 6.07) is 10.3. The van der Waals surface area contributed by atoms with Gasteiger partial charge in [0.05, 0.1) is 17.7 Å². The van der Waals surface area contributed by atoms with E-state index in [1.54, 1.807) is 12.4 Å². The highest BCUT2D eigenvalue weighted by molar-refractivity contribution is 9.10. The summed E-state index contributed by atoms with van der Waals surface area (Å²) >= 11 is 9.70. The van der Waals surface area contributed by atoms with Gasteiger partial charge in [0.25, 0.3) is 0 Å². The molecule has 1 saturated heterocycles. The van der Waals surface area contributed by atoms with Gasteiger partial charge in [-0.25, -0.2) is 0 Å². The Balaban J connectivity index is 1.70. The second-order valence-corrected chi connectivity index (χ2v) is 6.44. The number of pyridine rings is 1. The Morgan fingerprint density at radius 2 is 2.29 bits per heavy atom. The maximum Gasteiger partial charge on any atom is 0.0952 e. The molecule has 110 valence electrons. The molecule has 2 aromatic rings. The van der Waals surface area contributed by atoms with Crippen LogP contribution in [0.25, 0.3) is 0 Å². The molecule has 1 atom stereocenters. The second kappa shape index (κ2) is 6.88. The van der Waals surface area contributed by atoms with Crippen LogP contribution < -0.4 is 0 Å². The van der Waals surface area contributed by atoms with Crippen molar-refractivity contribution in [2.24, 2.45) is 0 Å². The summed E-state index contributed by atoms with van der Waals surface area (Å²) in [6.45, 7) is 3.35. The number of aromatic nitrogens is 1. The summed E-state index contributed by atoms with van der Waals surface area (Å²) < 4.78 is 6.99.